The fourth-order valence-corrected chi connectivity index (χ4v) is 12.5. The van der Waals surface area contributed by atoms with E-state index in [9.17, 15) is 38.9 Å². The van der Waals surface area contributed by atoms with Crippen LogP contribution in [-0.4, -0.2) is 129 Å². The number of nitrogens with one attached hydrogen (secondary N) is 2. The highest BCUT2D eigenvalue weighted by Crippen LogP contribution is 2.46. The van der Waals surface area contributed by atoms with Gasteiger partial charge in [0.2, 0.25) is 11.9 Å². The summed E-state index contributed by atoms with van der Waals surface area (Å²) < 4.78 is 135. The van der Waals surface area contributed by atoms with Crippen LogP contribution in [0.25, 0.3) is 21.8 Å². The fraction of sp³-hybridized carbons (Fsp3) is 0.326. The molecule has 400 valence electrons. The van der Waals surface area contributed by atoms with E-state index in [0.29, 0.717) is 49.1 Å². The Hall–Kier alpha value is -6.65. The molecule has 0 atom stereocenters. The maximum Gasteiger partial charge on any atom is 0.299 e. The zero-order valence-corrected chi connectivity index (χ0v) is 46.1. The average molecular weight is 1150 g/mol. The van der Waals surface area contributed by atoms with Crippen molar-refractivity contribution >= 4 is 143 Å². The van der Waals surface area contributed by atoms with Gasteiger partial charge < -0.3 is 39.4 Å². The number of azo groups is 2. The number of benzene rings is 4. The second-order valence-electron chi connectivity index (χ2n) is 15.4. The Morgan fingerprint density at radius 3 is 1.32 bits per heavy atom. The largest absolute Gasteiger partial charge is 0.495 e. The molecule has 0 aliphatic carbocycles. The van der Waals surface area contributed by atoms with Crippen molar-refractivity contribution in [1.29, 1.82) is 0 Å². The lowest BCUT2D eigenvalue weighted by molar-refractivity contribution is 0.398. The molecule has 0 spiro atoms. The number of rotatable bonds is 24. The molecule has 4 aromatic carbocycles. The van der Waals surface area contributed by atoms with E-state index in [1.165, 1.54) is 52.7 Å². The number of nitrogens with zero attached hydrogens (tertiary/aromatic N) is 11. The second-order valence-corrected chi connectivity index (χ2v) is 22.2. The molecule has 0 saturated heterocycles. The zero-order valence-electron chi connectivity index (χ0n) is 41.2. The van der Waals surface area contributed by atoms with Crippen LogP contribution in [0, 0.1) is 0 Å². The minimum atomic E-state index is -4.85. The lowest BCUT2D eigenvalue weighted by Gasteiger charge is -2.25. The van der Waals surface area contributed by atoms with Crippen LogP contribution < -0.4 is 39.4 Å². The first-order valence-electron chi connectivity index (χ1n) is 22.2. The molecule has 0 aliphatic rings. The topological polar surface area (TPSA) is 344 Å². The lowest BCUT2D eigenvalue weighted by Crippen LogP contribution is -2.22. The van der Waals surface area contributed by atoms with Crippen molar-refractivity contribution in [3.05, 3.63) is 48.5 Å². The summed E-state index contributed by atoms with van der Waals surface area (Å²) in [7, 11) is -8.65. The third kappa shape index (κ3) is 12.7. The number of ether oxygens (including phenoxy) is 4. The number of fused-ring (bicyclic) bond motifs is 2. The maximum absolute atomic E-state index is 12.7. The van der Waals surface area contributed by atoms with Crippen molar-refractivity contribution in [3.8, 4) is 23.0 Å². The molecular formula is C43H49N13O13S6. The van der Waals surface area contributed by atoms with Crippen molar-refractivity contribution < 1.29 is 57.9 Å². The number of anilines is 6. The Labute approximate surface area is 443 Å². The van der Waals surface area contributed by atoms with Gasteiger partial charge in [0.15, 0.2) is 15.2 Å². The van der Waals surface area contributed by atoms with E-state index in [4.69, 9.17) is 23.9 Å². The van der Waals surface area contributed by atoms with Crippen LogP contribution in [0.1, 0.15) is 27.7 Å². The van der Waals surface area contributed by atoms with Gasteiger partial charge in [0.05, 0.1) is 78.7 Å². The monoisotopic (exact) mass is 1150 g/mol. The first-order valence-corrected chi connectivity index (χ1v) is 29.2. The first kappa shape index (κ1) is 56.1. The molecule has 0 saturated carbocycles. The predicted octanol–water partition coefficient (Wildman–Crippen LogP) is 9.61. The van der Waals surface area contributed by atoms with Gasteiger partial charge in [0, 0.05) is 44.1 Å². The van der Waals surface area contributed by atoms with Gasteiger partial charge in [-0.1, -0.05) is 11.8 Å². The maximum atomic E-state index is 12.7. The van der Waals surface area contributed by atoms with Crippen LogP contribution in [0.4, 0.5) is 56.0 Å². The second kappa shape index (κ2) is 23.5. The van der Waals surface area contributed by atoms with Crippen molar-refractivity contribution in [2.45, 2.75) is 42.6 Å². The van der Waals surface area contributed by atoms with Gasteiger partial charge in [0.1, 0.15) is 44.2 Å². The minimum absolute atomic E-state index is 0.00871. The third-order valence-electron chi connectivity index (χ3n) is 11.0. The molecule has 3 heterocycles. The fourth-order valence-electron chi connectivity index (χ4n) is 7.56. The Morgan fingerprint density at radius 1 is 0.573 bits per heavy atom. The van der Waals surface area contributed by atoms with Crippen LogP contribution in [0.3, 0.4) is 0 Å². The van der Waals surface area contributed by atoms with Crippen LogP contribution >= 0.6 is 34.8 Å². The summed E-state index contributed by atoms with van der Waals surface area (Å²) in [5.74, 6) is -0.557. The molecule has 0 radical (unpaired) electrons. The summed E-state index contributed by atoms with van der Waals surface area (Å²) >= 11 is 2.53. The number of methoxy groups -OCH3 is 4. The Kier molecular flexibility index (Phi) is 17.6. The van der Waals surface area contributed by atoms with Crippen LogP contribution in [0.15, 0.2) is 83.9 Å². The highest BCUT2D eigenvalue weighted by Gasteiger charge is 2.27. The Balaban J connectivity index is 1.39. The highest BCUT2D eigenvalue weighted by atomic mass is 32.2. The van der Waals surface area contributed by atoms with E-state index in [1.54, 1.807) is 24.3 Å². The standard InChI is InChI=1S/C43H49N13O13S6/c1-9-55(10-2)29-19-25(27(21-33(29)68-7)49-51-39-35-23(53-71-39)13-15-31(66-5)37(35)74(60,61)62)44-41-46-42(48-43(47-41)70-17-18-73(57,58)59)45-26-20-30(56(11-3)12-4)34(69-8)22-28(26)50-52-40-36-24(54-72-40)14-16-32(67-6)38(36)75(63,64)65/h13-16,19-22H,9-12,17-18H2,1-8H3,(H,57,58,59)(H,60,61,62)(H,63,64,65)(H2,44,45,46,47,48)/b51-49+,52-50+. The van der Waals surface area contributed by atoms with E-state index in [1.807, 2.05) is 37.5 Å². The van der Waals surface area contributed by atoms with E-state index in [-0.39, 0.29) is 88.9 Å². The van der Waals surface area contributed by atoms with Gasteiger partial charge in [-0.15, -0.1) is 20.5 Å². The first-order chi connectivity index (χ1) is 35.7. The normalized spacial score (nSPS) is 12.3. The average Bonchev–Trinajstić information content (AvgIpc) is 3.98. The van der Waals surface area contributed by atoms with Crippen LogP contribution in [-0.2, 0) is 30.4 Å². The van der Waals surface area contributed by atoms with Crippen molar-refractivity contribution in [2.24, 2.45) is 20.5 Å². The van der Waals surface area contributed by atoms with E-state index >= 15 is 0 Å². The summed E-state index contributed by atoms with van der Waals surface area (Å²) in [5, 5.41) is 24.2. The van der Waals surface area contributed by atoms with E-state index < -0.39 is 45.9 Å². The summed E-state index contributed by atoms with van der Waals surface area (Å²) in [6.07, 6.45) is 0. The SMILES string of the molecule is CCN(CC)c1cc(Nc2nc(Nc3cc(N(CC)CC)c(OC)cc3/N=N/c3snc4ccc(OC)c(S(=O)(=O)O)c34)nc(SCCS(=O)(=O)O)n2)c(/N=N/c2snc3ccc(OC)c(S(=O)(=O)O)c23)cc1OC. The molecule has 5 N–H and O–H groups in total. The van der Waals surface area contributed by atoms with Crippen LogP contribution in [0.2, 0.25) is 0 Å². The smallest absolute Gasteiger partial charge is 0.299 e. The van der Waals surface area contributed by atoms with Crippen molar-refractivity contribution in [1.82, 2.24) is 23.7 Å². The Bertz CT molecular complexity index is 3450. The molecule has 0 fully saturated rings. The van der Waals surface area contributed by atoms with Gasteiger partial charge in [-0.3, -0.25) is 13.7 Å². The molecule has 3 aromatic heterocycles. The molecule has 7 rings (SSSR count). The predicted molar refractivity (Wildman–Crippen MR) is 287 cm³/mol. The van der Waals surface area contributed by atoms with Gasteiger partial charge >= 0.3 is 0 Å². The highest BCUT2D eigenvalue weighted by molar-refractivity contribution is 8.00. The summed E-state index contributed by atoms with van der Waals surface area (Å²) in [4.78, 5) is 16.8. The number of thioether (sulfide) groups is 1. The van der Waals surface area contributed by atoms with Gasteiger partial charge in [0.25, 0.3) is 30.4 Å². The van der Waals surface area contributed by atoms with E-state index in [2.05, 4.69) is 49.8 Å². The molecular weight excluding hydrogens is 1100 g/mol. The van der Waals surface area contributed by atoms with Gasteiger partial charge in [-0.2, -0.15) is 49.0 Å². The summed E-state index contributed by atoms with van der Waals surface area (Å²) in [5.41, 5.74) is 2.39. The minimum Gasteiger partial charge on any atom is -0.495 e. The molecule has 0 amide bonds. The summed E-state index contributed by atoms with van der Waals surface area (Å²) in [6.45, 7) is 10.0. The Morgan fingerprint density at radius 2 is 0.973 bits per heavy atom. The summed E-state index contributed by atoms with van der Waals surface area (Å²) in [6, 6.07) is 12.3. The molecule has 26 nitrogen and oxygen atoms in total. The number of hydrogen-bond acceptors (Lipinski definition) is 26. The quantitative estimate of drug-likeness (QED) is 0.0213. The van der Waals surface area contributed by atoms with Crippen LogP contribution in [0.5, 0.6) is 23.0 Å². The molecule has 0 bridgehead atoms. The molecule has 75 heavy (non-hydrogen) atoms. The molecule has 0 unspecified atom stereocenters. The molecule has 0 aliphatic heterocycles. The third-order valence-corrected chi connectivity index (χ3v) is 16.2. The zero-order chi connectivity index (χ0) is 54.4. The molecule has 7 aromatic rings. The molecule has 32 heteroatoms. The van der Waals surface area contributed by atoms with Crippen molar-refractivity contribution in [3.63, 3.8) is 0 Å². The van der Waals surface area contributed by atoms with Crippen molar-refractivity contribution in [2.75, 3.05) is 86.6 Å². The number of hydrogen-bond donors (Lipinski definition) is 5. The lowest BCUT2D eigenvalue weighted by atomic mass is 10.2. The van der Waals surface area contributed by atoms with E-state index in [0.717, 1.165) is 34.8 Å². The van der Waals surface area contributed by atoms with Gasteiger partial charge in [-0.05, 0) is 87.2 Å². The van der Waals surface area contributed by atoms with Gasteiger partial charge in [-0.25, -0.2) is 0 Å². The number of aromatic nitrogens is 5.